The van der Waals surface area contributed by atoms with E-state index in [1.54, 1.807) is 0 Å². The number of amides is 1. The van der Waals surface area contributed by atoms with Crippen LogP contribution in [0.4, 0.5) is 26.3 Å². The average molecular weight is 512 g/mol. The topological polar surface area (TPSA) is 62.7 Å². The highest BCUT2D eigenvalue weighted by Gasteiger charge is 2.36. The number of halogens is 7. The molecule has 0 aromatic carbocycles. The molecule has 1 amide bonds. The summed E-state index contributed by atoms with van der Waals surface area (Å²) in [6, 6.07) is 0.0476. The predicted molar refractivity (Wildman–Crippen MR) is 115 cm³/mol. The molecule has 5 nitrogen and oxygen atoms in total. The van der Waals surface area contributed by atoms with E-state index in [1.807, 2.05) is 0 Å². The third-order valence-corrected chi connectivity index (χ3v) is 5.97. The van der Waals surface area contributed by atoms with E-state index in [4.69, 9.17) is 16.3 Å². The maximum absolute atomic E-state index is 12.9. The number of hydrogen-bond donors (Lipinski definition) is 2. The number of alkyl halides is 6. The van der Waals surface area contributed by atoms with Crippen molar-refractivity contribution in [2.75, 3.05) is 6.54 Å². The molecule has 1 heterocycles. The van der Waals surface area contributed by atoms with E-state index in [0.717, 1.165) is 24.4 Å². The zero-order valence-electron chi connectivity index (χ0n) is 18.0. The van der Waals surface area contributed by atoms with Crippen LogP contribution < -0.4 is 10.6 Å². The Labute approximate surface area is 197 Å². The van der Waals surface area contributed by atoms with Crippen LogP contribution in [0.2, 0.25) is 0 Å². The second-order valence-electron chi connectivity index (χ2n) is 8.19. The Balaban J connectivity index is 1.36. The molecule has 1 fully saturated rings. The number of rotatable bonds is 6. The number of dihydropyridines is 1. The minimum atomic E-state index is -4.57. The molecule has 1 aliphatic heterocycles. The van der Waals surface area contributed by atoms with Crippen molar-refractivity contribution < 1.29 is 35.9 Å². The van der Waals surface area contributed by atoms with Crippen molar-refractivity contribution in [1.29, 1.82) is 0 Å². The molecule has 0 saturated heterocycles. The monoisotopic (exact) mass is 511 g/mol. The van der Waals surface area contributed by atoms with Gasteiger partial charge in [-0.05, 0) is 37.8 Å². The predicted octanol–water partition coefficient (Wildman–Crippen LogP) is 5.21. The Hall–Kier alpha value is -2.11. The minimum absolute atomic E-state index is 0.0151. The number of nitrogens with zero attached hydrogens (tertiary/aromatic N) is 1. The van der Waals surface area contributed by atoms with Crippen molar-refractivity contribution >= 4 is 23.7 Å². The summed E-state index contributed by atoms with van der Waals surface area (Å²) in [7, 11) is 0. The molecule has 0 bridgehead atoms. The van der Waals surface area contributed by atoms with Crippen molar-refractivity contribution in [2.45, 2.75) is 69.3 Å². The number of allylic oxidation sites excluding steroid dienone is 6. The summed E-state index contributed by atoms with van der Waals surface area (Å²) in [6.07, 6.45) is -1.78. The van der Waals surface area contributed by atoms with Gasteiger partial charge in [-0.2, -0.15) is 26.3 Å². The lowest BCUT2D eigenvalue weighted by atomic mass is 9.93. The fourth-order valence-electron chi connectivity index (χ4n) is 3.85. The van der Waals surface area contributed by atoms with Gasteiger partial charge in [-0.15, -0.1) is 0 Å². The van der Waals surface area contributed by atoms with Gasteiger partial charge in [-0.25, -0.2) is 0 Å². The van der Waals surface area contributed by atoms with Crippen molar-refractivity contribution in [1.82, 2.24) is 10.6 Å². The van der Waals surface area contributed by atoms with Crippen molar-refractivity contribution in [3.05, 3.63) is 46.2 Å². The van der Waals surface area contributed by atoms with Crippen LogP contribution in [0.25, 0.3) is 0 Å². The van der Waals surface area contributed by atoms with Gasteiger partial charge >= 0.3 is 12.4 Å². The molecule has 34 heavy (non-hydrogen) atoms. The Morgan fingerprint density at radius 3 is 2.35 bits per heavy atom. The second kappa shape index (κ2) is 11.1. The molecule has 3 aliphatic rings. The quantitative estimate of drug-likeness (QED) is 0.481. The smallest absolute Gasteiger partial charge is 0.353 e. The summed E-state index contributed by atoms with van der Waals surface area (Å²) < 4.78 is 82.5. The van der Waals surface area contributed by atoms with Crippen LogP contribution in [0.1, 0.15) is 38.5 Å². The lowest BCUT2D eigenvalue weighted by molar-refractivity contribution is -0.119. The second-order valence-corrected chi connectivity index (χ2v) is 8.60. The minimum Gasteiger partial charge on any atom is -0.353 e. The molecule has 0 radical (unpaired) electrons. The van der Waals surface area contributed by atoms with Gasteiger partial charge in [-0.3, -0.25) is 9.79 Å². The molecular formula is C22H24ClF6N3O2. The number of aliphatic imine (C=N–C) groups is 1. The Morgan fingerprint density at radius 2 is 1.76 bits per heavy atom. The first-order valence-corrected chi connectivity index (χ1v) is 11.1. The van der Waals surface area contributed by atoms with Gasteiger partial charge < -0.3 is 15.4 Å². The Morgan fingerprint density at radius 1 is 1.06 bits per heavy atom. The van der Waals surface area contributed by atoms with Crippen LogP contribution in [-0.4, -0.2) is 49.4 Å². The molecule has 0 aromatic rings. The summed E-state index contributed by atoms with van der Waals surface area (Å²) in [5.41, 5.74) is -1.41. The van der Waals surface area contributed by atoms with Gasteiger partial charge in [0.25, 0.3) is 0 Å². The molecule has 188 valence electrons. The zero-order valence-corrected chi connectivity index (χ0v) is 18.7. The van der Waals surface area contributed by atoms with E-state index in [1.165, 1.54) is 6.08 Å². The van der Waals surface area contributed by atoms with Crippen LogP contribution in [-0.2, 0) is 9.53 Å². The summed E-state index contributed by atoms with van der Waals surface area (Å²) in [5, 5.41) is 5.27. The van der Waals surface area contributed by atoms with Gasteiger partial charge in [-0.1, -0.05) is 23.8 Å². The lowest BCUT2D eigenvalue weighted by Crippen LogP contribution is -2.41. The Kier molecular flexibility index (Phi) is 8.64. The van der Waals surface area contributed by atoms with E-state index < -0.39 is 34.8 Å². The van der Waals surface area contributed by atoms with Gasteiger partial charge in [0.2, 0.25) is 5.91 Å². The lowest BCUT2D eigenvalue weighted by Gasteiger charge is -2.31. The maximum Gasteiger partial charge on any atom is 0.417 e. The number of nitrogens with one attached hydrogen (secondary N) is 2. The van der Waals surface area contributed by atoms with E-state index >= 15 is 0 Å². The highest BCUT2D eigenvalue weighted by atomic mass is 35.5. The fraction of sp³-hybridized carbons (Fsp3) is 0.545. The first-order chi connectivity index (χ1) is 15.9. The highest BCUT2D eigenvalue weighted by Crippen LogP contribution is 2.35. The van der Waals surface area contributed by atoms with Crippen LogP contribution in [0.15, 0.2) is 51.2 Å². The number of ether oxygens (including phenoxy) is 1. The van der Waals surface area contributed by atoms with Crippen LogP contribution in [0.5, 0.6) is 0 Å². The molecule has 0 aromatic heterocycles. The third kappa shape index (κ3) is 7.71. The van der Waals surface area contributed by atoms with Gasteiger partial charge in [0.1, 0.15) is 0 Å². The maximum atomic E-state index is 12.9. The molecule has 12 heteroatoms. The van der Waals surface area contributed by atoms with Gasteiger partial charge in [0.15, 0.2) is 6.23 Å². The fourth-order valence-corrected chi connectivity index (χ4v) is 4.10. The van der Waals surface area contributed by atoms with Gasteiger partial charge in [0, 0.05) is 30.8 Å². The van der Waals surface area contributed by atoms with Crippen molar-refractivity contribution in [3.63, 3.8) is 0 Å². The highest BCUT2D eigenvalue weighted by molar-refractivity contribution is 6.32. The molecule has 0 spiro atoms. The first kappa shape index (κ1) is 26.5. The van der Waals surface area contributed by atoms with E-state index in [0.29, 0.717) is 31.4 Å². The summed E-state index contributed by atoms with van der Waals surface area (Å²) >= 11 is 5.67. The molecule has 2 N–H and O–H groups in total. The molecule has 1 unspecified atom stereocenters. The Bertz CT molecular complexity index is 913. The van der Waals surface area contributed by atoms with E-state index in [9.17, 15) is 31.1 Å². The van der Waals surface area contributed by atoms with Crippen molar-refractivity contribution in [3.8, 4) is 0 Å². The molecule has 1 saturated carbocycles. The zero-order chi connectivity index (χ0) is 24.9. The van der Waals surface area contributed by atoms with Crippen LogP contribution >= 0.6 is 11.6 Å². The average Bonchev–Trinajstić information content (AvgIpc) is 2.94. The van der Waals surface area contributed by atoms with Gasteiger partial charge in [0.05, 0.1) is 28.8 Å². The van der Waals surface area contributed by atoms with E-state index in [-0.39, 0.29) is 37.4 Å². The normalized spacial score (nSPS) is 26.1. The molecule has 1 atom stereocenters. The summed E-state index contributed by atoms with van der Waals surface area (Å²) in [6.45, 7) is -0.0151. The molecule has 3 rings (SSSR count). The summed E-state index contributed by atoms with van der Waals surface area (Å²) in [5.74, 6) is -0.387. The number of carbonyl (C=O) groups is 1. The first-order valence-electron chi connectivity index (χ1n) is 10.7. The molecular weight excluding hydrogens is 488 g/mol. The third-order valence-electron chi connectivity index (χ3n) is 5.64. The number of carbonyl (C=O) groups excluding carboxylic acids is 1. The number of hydrogen-bond acceptors (Lipinski definition) is 4. The SMILES string of the molecule is O=C(CNC1CCC(OC2CC=C(C(F)(F)F)C=N2)CC1)NC1=CC=C(Cl)C(C(F)(F)F)=CC1. The summed E-state index contributed by atoms with van der Waals surface area (Å²) in [4.78, 5) is 16.1. The molecule has 2 aliphatic carbocycles. The standard InChI is InChI=1S/C22H24ClF6N3O2/c23-18-9-5-15(4-8-17(18)22(27,28)29)32-19(33)12-30-14-2-6-16(7-3-14)34-20-10-1-13(11-31-20)21(24,25)26/h1,5,8-9,11,14,16,20,30H,2-4,6-7,10,12H2,(H,32,33). The van der Waals surface area contributed by atoms with Crippen LogP contribution in [0.3, 0.4) is 0 Å². The largest absolute Gasteiger partial charge is 0.417 e. The van der Waals surface area contributed by atoms with Crippen LogP contribution in [0, 0.1) is 0 Å². The van der Waals surface area contributed by atoms with Crippen molar-refractivity contribution in [2.24, 2.45) is 4.99 Å². The van der Waals surface area contributed by atoms with E-state index in [2.05, 4.69) is 15.6 Å².